The zero-order chi connectivity index (χ0) is 17.0. The second kappa shape index (κ2) is 16.3. The van der Waals surface area contributed by atoms with Crippen molar-refractivity contribution in [2.75, 3.05) is 0 Å². The van der Waals surface area contributed by atoms with E-state index in [1.54, 1.807) is 51.4 Å². The fraction of sp³-hybridized carbons (Fsp3) is 0. The van der Waals surface area contributed by atoms with Gasteiger partial charge in [0.2, 0.25) is 11.6 Å². The van der Waals surface area contributed by atoms with Gasteiger partial charge in [0, 0.05) is 34.1 Å². The van der Waals surface area contributed by atoms with Crippen LogP contribution in [0.1, 0.15) is 0 Å². The number of rotatable bonds is 3. The molecule has 134 valence electrons. The van der Waals surface area contributed by atoms with Crippen LogP contribution in [0.2, 0.25) is 0 Å². The fourth-order valence-corrected chi connectivity index (χ4v) is 1.95. The van der Waals surface area contributed by atoms with Gasteiger partial charge in [0.25, 0.3) is 0 Å². The molecule has 0 aromatic heterocycles. The summed E-state index contributed by atoms with van der Waals surface area (Å²) in [6.45, 7) is 0. The standard InChI is InChI=1S/C12H8O2.2C5H5.2Fe/c13-11(9-5-1-2-6-9)12(14)10-7-3-4-8-10;2*1-2-4-5-3-1;;/h1-8H;2*1-5H;;. The van der Waals surface area contributed by atoms with Crippen molar-refractivity contribution in [1.29, 1.82) is 0 Å². The Morgan fingerprint density at radius 3 is 0.769 bits per heavy atom. The van der Waals surface area contributed by atoms with Gasteiger partial charge in [-0.25, -0.2) is 0 Å². The summed E-state index contributed by atoms with van der Waals surface area (Å²) < 4.78 is 0. The van der Waals surface area contributed by atoms with Crippen LogP contribution in [0.25, 0.3) is 0 Å². The average molecular weight is 426 g/mol. The summed E-state index contributed by atoms with van der Waals surface area (Å²) in [6.07, 6.45) is 33.5. The predicted molar refractivity (Wildman–Crippen MR) is 93.9 cm³/mol. The van der Waals surface area contributed by atoms with Crippen molar-refractivity contribution in [3.8, 4) is 0 Å². The van der Waals surface area contributed by atoms with Gasteiger partial charge in [-0.15, -0.1) is 0 Å². The summed E-state index contributed by atoms with van der Waals surface area (Å²) in [6, 6.07) is 0. The average Bonchev–Trinajstić information content (AvgIpc) is 3.41. The van der Waals surface area contributed by atoms with Crippen LogP contribution in [0, 0.1) is 127 Å². The molecule has 0 aromatic rings. The molecule has 0 N–H and O–H groups in total. The number of carbonyl (C=O) groups excluding carboxylic acids is 2. The Labute approximate surface area is 182 Å². The van der Waals surface area contributed by atoms with Crippen LogP contribution >= 0.6 is 0 Å². The summed E-state index contributed by atoms with van der Waals surface area (Å²) in [5, 5.41) is 0. The molecule has 0 aromatic carbocycles. The molecule has 0 bridgehead atoms. The normalized spacial score (nSPS) is 22.3. The van der Waals surface area contributed by atoms with Crippen LogP contribution in [-0.4, -0.2) is 11.6 Å². The molecule has 4 aliphatic rings. The molecular weight excluding hydrogens is 408 g/mol. The van der Waals surface area contributed by atoms with E-state index >= 15 is 0 Å². The van der Waals surface area contributed by atoms with Crippen molar-refractivity contribution in [2.24, 2.45) is 0 Å². The third-order valence-electron chi connectivity index (χ3n) is 3.17. The predicted octanol–water partition coefficient (Wildman–Crippen LogP) is 2.97. The third-order valence-corrected chi connectivity index (χ3v) is 3.17. The molecule has 0 heterocycles. The number of carbonyl (C=O) groups is 2. The summed E-state index contributed by atoms with van der Waals surface area (Å²) in [7, 11) is 0. The minimum atomic E-state index is -0.443. The first kappa shape index (κ1) is 26.4. The first-order chi connectivity index (χ1) is 11.8. The first-order valence-electron chi connectivity index (χ1n) is 7.65. The smallest absolute Gasteiger partial charge is 0.206 e. The Hall–Kier alpha value is 0.379. The Bertz CT molecular complexity index is 313. The van der Waals surface area contributed by atoms with Gasteiger partial charge in [-0.1, -0.05) is 0 Å². The van der Waals surface area contributed by atoms with Crippen molar-refractivity contribution in [2.45, 2.75) is 0 Å². The topological polar surface area (TPSA) is 34.1 Å². The van der Waals surface area contributed by atoms with Gasteiger partial charge in [-0.2, -0.15) is 0 Å². The quantitative estimate of drug-likeness (QED) is 0.514. The molecule has 20 radical (unpaired) electrons. The minimum absolute atomic E-state index is 0. The number of Topliss-reactive ketones (excluding diaryl/α,β-unsaturated/α-hetero) is 2. The van der Waals surface area contributed by atoms with Gasteiger partial charge >= 0.3 is 0 Å². The molecule has 0 unspecified atom stereocenters. The molecule has 0 aliphatic heterocycles. The van der Waals surface area contributed by atoms with Gasteiger partial charge in [0.15, 0.2) is 0 Å². The van der Waals surface area contributed by atoms with Crippen LogP contribution in [0.3, 0.4) is 0 Å². The molecule has 0 spiro atoms. The van der Waals surface area contributed by atoms with Crippen LogP contribution < -0.4 is 0 Å². The second-order valence-corrected chi connectivity index (χ2v) is 4.93. The molecule has 0 atom stereocenters. The Balaban J connectivity index is 0.000000432. The molecule has 4 rings (SSSR count). The van der Waals surface area contributed by atoms with E-state index in [1.165, 1.54) is 0 Å². The molecule has 4 fully saturated rings. The van der Waals surface area contributed by atoms with Crippen LogP contribution in [0.15, 0.2) is 0 Å². The molecule has 0 amide bonds. The van der Waals surface area contributed by atoms with Gasteiger partial charge in [-0.3, -0.25) is 9.59 Å². The number of hydrogen-bond acceptors (Lipinski definition) is 2. The van der Waals surface area contributed by atoms with E-state index in [1.807, 2.05) is 64.2 Å². The van der Waals surface area contributed by atoms with E-state index in [2.05, 4.69) is 0 Å². The Morgan fingerprint density at radius 1 is 0.385 bits per heavy atom. The van der Waals surface area contributed by atoms with Gasteiger partial charge in [0.05, 0.1) is 11.8 Å². The van der Waals surface area contributed by atoms with E-state index in [9.17, 15) is 9.59 Å². The second-order valence-electron chi connectivity index (χ2n) is 4.93. The molecule has 26 heavy (non-hydrogen) atoms. The maximum absolute atomic E-state index is 11.6. The zero-order valence-corrected chi connectivity index (χ0v) is 16.1. The minimum Gasteiger partial charge on any atom is -0.290 e. The monoisotopic (exact) mass is 426 g/mol. The van der Waals surface area contributed by atoms with E-state index in [0.29, 0.717) is 11.8 Å². The molecule has 4 saturated carbocycles. The SMILES string of the molecule is O=C([C]1[CH][CH][CH][CH]1)C(=O)[C]1[CH][CH][CH][CH]1.[CH]1[CH][CH][CH][CH]1.[CH]1[CH][CH][CH][CH]1.[Fe].[Fe]. The largest absolute Gasteiger partial charge is 0.290 e. The molecule has 4 aliphatic carbocycles. The Morgan fingerprint density at radius 2 is 0.577 bits per heavy atom. The van der Waals surface area contributed by atoms with Crippen LogP contribution in [0.5, 0.6) is 0 Å². The zero-order valence-electron chi connectivity index (χ0n) is 13.9. The van der Waals surface area contributed by atoms with Gasteiger partial charge in [0.1, 0.15) is 0 Å². The van der Waals surface area contributed by atoms with E-state index in [4.69, 9.17) is 0 Å². The van der Waals surface area contributed by atoms with Gasteiger partial charge in [-0.05, 0) is 116 Å². The maximum Gasteiger partial charge on any atom is 0.206 e. The number of hydrogen-bond donors (Lipinski definition) is 0. The van der Waals surface area contributed by atoms with Crippen molar-refractivity contribution >= 4 is 11.6 Å². The van der Waals surface area contributed by atoms with Crippen molar-refractivity contribution < 1.29 is 43.7 Å². The summed E-state index contributed by atoms with van der Waals surface area (Å²) in [4.78, 5) is 23.1. The Kier molecular flexibility index (Phi) is 16.6. The molecule has 4 heteroatoms. The van der Waals surface area contributed by atoms with Crippen molar-refractivity contribution in [3.05, 3.63) is 127 Å². The van der Waals surface area contributed by atoms with E-state index < -0.39 is 11.6 Å². The first-order valence-corrected chi connectivity index (χ1v) is 7.65. The summed E-state index contributed by atoms with van der Waals surface area (Å²) in [5.41, 5.74) is 0. The van der Waals surface area contributed by atoms with Crippen LogP contribution in [-0.2, 0) is 43.7 Å². The van der Waals surface area contributed by atoms with E-state index in [-0.39, 0.29) is 34.1 Å². The fourth-order valence-electron chi connectivity index (χ4n) is 1.95. The summed E-state index contributed by atoms with van der Waals surface area (Å²) >= 11 is 0. The molecule has 2 nitrogen and oxygen atoms in total. The summed E-state index contributed by atoms with van der Waals surface area (Å²) in [5.74, 6) is 0.0230. The van der Waals surface area contributed by atoms with Gasteiger partial charge < -0.3 is 0 Å². The van der Waals surface area contributed by atoms with Crippen molar-refractivity contribution in [1.82, 2.24) is 0 Å². The van der Waals surface area contributed by atoms with E-state index in [0.717, 1.165) is 0 Å². The number of ketones is 2. The van der Waals surface area contributed by atoms with Crippen molar-refractivity contribution in [3.63, 3.8) is 0 Å². The molecule has 0 saturated heterocycles. The molecular formula is C22H18Fe2O2. The van der Waals surface area contributed by atoms with Crippen LogP contribution in [0.4, 0.5) is 0 Å². The maximum atomic E-state index is 11.6. The third kappa shape index (κ3) is 10.1.